The molecule has 4 rings (SSSR count). The largest absolute Gasteiger partial charge is 0.366 e. The van der Waals surface area contributed by atoms with Gasteiger partial charge in [0.15, 0.2) is 0 Å². The van der Waals surface area contributed by atoms with Crippen LogP contribution in [0.5, 0.6) is 0 Å². The molecule has 0 saturated heterocycles. The molecule has 0 aliphatic heterocycles. The van der Waals surface area contributed by atoms with Crippen LogP contribution in [-0.2, 0) is 0 Å². The molecule has 0 spiro atoms. The third kappa shape index (κ3) is 3.41. The number of aromatic amines is 1. The first kappa shape index (κ1) is 17.2. The molecule has 4 aromatic rings. The van der Waals surface area contributed by atoms with Crippen molar-refractivity contribution in [3.8, 4) is 33.6 Å². The molecule has 0 aliphatic carbocycles. The first-order chi connectivity index (χ1) is 13.1. The number of hydrogen-bond acceptors (Lipinski definition) is 2. The van der Waals surface area contributed by atoms with Gasteiger partial charge in [0.1, 0.15) is 0 Å². The number of H-pyrrole nitrogens is 1. The van der Waals surface area contributed by atoms with E-state index in [1.165, 1.54) is 0 Å². The maximum Gasteiger partial charge on any atom is 0.249 e. The number of carbonyl (C=O) groups is 1. The smallest absolute Gasteiger partial charge is 0.249 e. The molecule has 4 nitrogen and oxygen atoms in total. The number of nitrogens with two attached hydrogens (primary N) is 1. The zero-order chi connectivity index (χ0) is 18.8. The predicted octanol–water partition coefficient (Wildman–Crippen LogP) is 5.27. The molecule has 0 aliphatic rings. The Bertz CT molecular complexity index is 1120. The number of amides is 1. The Hall–Kier alpha value is -3.18. The Labute approximate surface area is 165 Å². The van der Waals surface area contributed by atoms with E-state index in [0.29, 0.717) is 5.56 Å². The summed E-state index contributed by atoms with van der Waals surface area (Å²) in [7, 11) is 0. The van der Waals surface area contributed by atoms with Gasteiger partial charge in [0.2, 0.25) is 5.91 Å². The van der Waals surface area contributed by atoms with E-state index in [1.54, 1.807) is 18.5 Å². The predicted molar refractivity (Wildman–Crippen MR) is 111 cm³/mol. The van der Waals surface area contributed by atoms with Gasteiger partial charge < -0.3 is 10.7 Å². The number of halogens is 1. The average molecular weight is 418 g/mol. The lowest BCUT2D eigenvalue weighted by molar-refractivity contribution is 0.100. The molecule has 0 bridgehead atoms. The molecule has 0 atom stereocenters. The normalized spacial score (nSPS) is 10.7. The molecule has 0 unspecified atom stereocenters. The number of pyridine rings is 1. The van der Waals surface area contributed by atoms with Gasteiger partial charge in [0.05, 0.1) is 5.69 Å². The van der Waals surface area contributed by atoms with Crippen LogP contribution < -0.4 is 5.73 Å². The number of primary amides is 1. The van der Waals surface area contributed by atoms with E-state index in [1.807, 2.05) is 60.7 Å². The van der Waals surface area contributed by atoms with Crippen molar-refractivity contribution in [1.29, 1.82) is 0 Å². The summed E-state index contributed by atoms with van der Waals surface area (Å²) in [6, 6.07) is 21.4. The third-order valence-corrected chi connectivity index (χ3v) is 4.90. The van der Waals surface area contributed by atoms with Crippen molar-refractivity contribution >= 4 is 21.8 Å². The molecule has 0 fully saturated rings. The Morgan fingerprint density at radius 2 is 1.67 bits per heavy atom. The van der Waals surface area contributed by atoms with Gasteiger partial charge in [-0.25, -0.2) is 0 Å². The van der Waals surface area contributed by atoms with Crippen molar-refractivity contribution in [3.05, 3.63) is 89.2 Å². The van der Waals surface area contributed by atoms with E-state index in [-0.39, 0.29) is 0 Å². The summed E-state index contributed by atoms with van der Waals surface area (Å²) < 4.78 is 0.981. The van der Waals surface area contributed by atoms with Crippen molar-refractivity contribution in [1.82, 2.24) is 9.97 Å². The van der Waals surface area contributed by atoms with Crippen molar-refractivity contribution in [3.63, 3.8) is 0 Å². The van der Waals surface area contributed by atoms with Crippen molar-refractivity contribution < 1.29 is 4.79 Å². The van der Waals surface area contributed by atoms with Crippen LogP contribution in [0.2, 0.25) is 0 Å². The van der Waals surface area contributed by atoms with Crippen molar-refractivity contribution in [2.45, 2.75) is 0 Å². The molecule has 3 N–H and O–H groups in total. The highest BCUT2D eigenvalue weighted by Gasteiger charge is 2.17. The third-order valence-electron chi connectivity index (χ3n) is 4.40. The lowest BCUT2D eigenvalue weighted by atomic mass is 9.96. The topological polar surface area (TPSA) is 71.8 Å². The van der Waals surface area contributed by atoms with E-state index < -0.39 is 5.91 Å². The second-order valence-electron chi connectivity index (χ2n) is 6.13. The van der Waals surface area contributed by atoms with Crippen LogP contribution in [0.1, 0.15) is 10.4 Å². The number of nitrogens with one attached hydrogen (secondary N) is 1. The monoisotopic (exact) mass is 417 g/mol. The van der Waals surface area contributed by atoms with Gasteiger partial charge in [0.25, 0.3) is 0 Å². The fourth-order valence-electron chi connectivity index (χ4n) is 3.16. The molecule has 27 heavy (non-hydrogen) atoms. The number of carbonyl (C=O) groups excluding carboxylic acids is 1. The minimum atomic E-state index is -0.447. The van der Waals surface area contributed by atoms with Crippen LogP contribution in [0.4, 0.5) is 0 Å². The molecule has 132 valence electrons. The summed E-state index contributed by atoms with van der Waals surface area (Å²) in [4.78, 5) is 19.6. The summed E-state index contributed by atoms with van der Waals surface area (Å²) >= 11 is 3.53. The molecule has 2 aromatic carbocycles. The summed E-state index contributed by atoms with van der Waals surface area (Å²) in [5.74, 6) is -0.447. The van der Waals surface area contributed by atoms with Crippen LogP contribution in [0, 0.1) is 0 Å². The van der Waals surface area contributed by atoms with E-state index in [2.05, 4.69) is 25.9 Å². The molecule has 5 heteroatoms. The molecular formula is C22H16BrN3O. The van der Waals surface area contributed by atoms with Crippen molar-refractivity contribution in [2.24, 2.45) is 5.73 Å². The molecular weight excluding hydrogens is 402 g/mol. The van der Waals surface area contributed by atoms with Gasteiger partial charge in [-0.2, -0.15) is 0 Å². The first-order valence-electron chi connectivity index (χ1n) is 8.42. The Morgan fingerprint density at radius 3 is 2.41 bits per heavy atom. The van der Waals surface area contributed by atoms with Gasteiger partial charge in [-0.05, 0) is 47.5 Å². The Morgan fingerprint density at radius 1 is 0.889 bits per heavy atom. The highest BCUT2D eigenvalue weighted by molar-refractivity contribution is 9.10. The minimum absolute atomic E-state index is 0.447. The van der Waals surface area contributed by atoms with Gasteiger partial charge in [-0.1, -0.05) is 46.3 Å². The molecule has 1 amide bonds. The fraction of sp³-hybridized carbons (Fsp3) is 0. The lowest BCUT2D eigenvalue weighted by Crippen LogP contribution is -2.12. The van der Waals surface area contributed by atoms with Gasteiger partial charge in [-0.3, -0.25) is 9.78 Å². The highest BCUT2D eigenvalue weighted by atomic mass is 79.9. The zero-order valence-electron chi connectivity index (χ0n) is 14.3. The molecule has 2 aromatic heterocycles. The summed E-state index contributed by atoms with van der Waals surface area (Å²) in [6.45, 7) is 0. The second-order valence-corrected chi connectivity index (χ2v) is 7.04. The molecule has 0 radical (unpaired) electrons. The standard InChI is InChI=1S/C22H16BrN3O/c23-16-5-3-4-15(12-16)21-19(17-6-1-2-7-18(17)22(24)27)13-20(26-21)14-8-10-25-11-9-14/h1-13,26H,(H2,24,27). The average Bonchev–Trinajstić information content (AvgIpc) is 3.14. The van der Waals surface area contributed by atoms with E-state index in [0.717, 1.165) is 38.1 Å². The minimum Gasteiger partial charge on any atom is -0.366 e. The maximum absolute atomic E-state index is 12.0. The summed E-state index contributed by atoms with van der Waals surface area (Å²) in [5, 5.41) is 0. The van der Waals surface area contributed by atoms with Crippen LogP contribution in [-0.4, -0.2) is 15.9 Å². The molecule has 2 heterocycles. The summed E-state index contributed by atoms with van der Waals surface area (Å²) in [6.07, 6.45) is 3.51. The molecule has 0 saturated carbocycles. The number of rotatable bonds is 4. The SMILES string of the molecule is NC(=O)c1ccccc1-c1cc(-c2ccncc2)[nH]c1-c1cccc(Br)c1. The number of hydrogen-bond donors (Lipinski definition) is 2. The Kier molecular flexibility index (Phi) is 4.60. The van der Waals surface area contributed by atoms with Crippen LogP contribution >= 0.6 is 15.9 Å². The van der Waals surface area contributed by atoms with E-state index >= 15 is 0 Å². The van der Waals surface area contributed by atoms with Gasteiger partial charge in [0, 0.05) is 39.3 Å². The number of nitrogens with zero attached hydrogens (tertiary/aromatic N) is 1. The van der Waals surface area contributed by atoms with Crippen LogP contribution in [0.15, 0.2) is 83.6 Å². The quantitative estimate of drug-likeness (QED) is 0.474. The lowest BCUT2D eigenvalue weighted by Gasteiger charge is -2.08. The van der Waals surface area contributed by atoms with E-state index in [4.69, 9.17) is 5.73 Å². The zero-order valence-corrected chi connectivity index (χ0v) is 15.9. The highest BCUT2D eigenvalue weighted by Crippen LogP contribution is 2.37. The number of aromatic nitrogens is 2. The van der Waals surface area contributed by atoms with Crippen molar-refractivity contribution in [2.75, 3.05) is 0 Å². The maximum atomic E-state index is 12.0. The fourth-order valence-corrected chi connectivity index (χ4v) is 3.56. The van der Waals surface area contributed by atoms with Gasteiger partial charge in [-0.15, -0.1) is 0 Å². The summed E-state index contributed by atoms with van der Waals surface area (Å²) in [5.41, 5.74) is 11.7. The van der Waals surface area contributed by atoms with E-state index in [9.17, 15) is 4.79 Å². The number of benzene rings is 2. The van der Waals surface area contributed by atoms with Crippen LogP contribution in [0.25, 0.3) is 33.6 Å². The van der Waals surface area contributed by atoms with Crippen LogP contribution in [0.3, 0.4) is 0 Å². The Balaban J connectivity index is 1.98. The first-order valence-corrected chi connectivity index (χ1v) is 9.21. The van der Waals surface area contributed by atoms with Gasteiger partial charge >= 0.3 is 0 Å². The second kappa shape index (κ2) is 7.21.